The average Bonchev–Trinajstić information content (AvgIpc) is 2.72. The summed E-state index contributed by atoms with van der Waals surface area (Å²) in [6.07, 6.45) is 2.08. The monoisotopic (exact) mass is 270 g/mol. The van der Waals surface area contributed by atoms with Crippen LogP contribution in [-0.4, -0.2) is 13.1 Å². The smallest absolute Gasteiger partial charge is 0.128 e. The summed E-state index contributed by atoms with van der Waals surface area (Å²) >= 11 is 0. The van der Waals surface area contributed by atoms with Gasteiger partial charge in [-0.1, -0.05) is 30.3 Å². The predicted octanol–water partition coefficient (Wildman–Crippen LogP) is 3.13. The van der Waals surface area contributed by atoms with Gasteiger partial charge in [0.15, 0.2) is 0 Å². The summed E-state index contributed by atoms with van der Waals surface area (Å²) in [6, 6.07) is 13.3. The maximum atomic E-state index is 13.6. The number of benzene rings is 2. The Morgan fingerprint density at radius 3 is 2.75 bits per heavy atom. The average molecular weight is 270 g/mol. The minimum absolute atomic E-state index is 0.149. The van der Waals surface area contributed by atoms with E-state index in [0.29, 0.717) is 12.1 Å². The molecule has 1 heterocycles. The van der Waals surface area contributed by atoms with Crippen molar-refractivity contribution < 1.29 is 4.39 Å². The number of fused-ring (bicyclic) bond motifs is 1. The first-order valence-corrected chi connectivity index (χ1v) is 7.13. The fraction of sp³-hybridized carbons (Fsp3) is 0.294. The van der Waals surface area contributed by atoms with Gasteiger partial charge in [0.1, 0.15) is 5.82 Å². The van der Waals surface area contributed by atoms with E-state index in [1.54, 1.807) is 6.07 Å². The highest BCUT2D eigenvalue weighted by molar-refractivity contribution is 5.55. The van der Waals surface area contributed by atoms with Gasteiger partial charge in [-0.15, -0.1) is 0 Å². The molecule has 0 radical (unpaired) electrons. The lowest BCUT2D eigenvalue weighted by atomic mass is 10.0. The van der Waals surface area contributed by atoms with Crippen molar-refractivity contribution in [2.45, 2.75) is 19.4 Å². The SMILES string of the molecule is Fc1ccccc1CNc1cccc2c1CCNCC2. The van der Waals surface area contributed by atoms with E-state index in [2.05, 4.69) is 28.8 Å². The third-order valence-corrected chi connectivity index (χ3v) is 3.82. The minimum atomic E-state index is -0.149. The number of nitrogens with one attached hydrogen (secondary N) is 2. The molecule has 104 valence electrons. The fourth-order valence-electron chi connectivity index (χ4n) is 2.72. The zero-order valence-electron chi connectivity index (χ0n) is 11.5. The second kappa shape index (κ2) is 6.06. The van der Waals surface area contributed by atoms with E-state index in [-0.39, 0.29) is 5.82 Å². The van der Waals surface area contributed by atoms with E-state index >= 15 is 0 Å². The van der Waals surface area contributed by atoms with E-state index < -0.39 is 0 Å². The summed E-state index contributed by atoms with van der Waals surface area (Å²) in [5.41, 5.74) is 4.61. The van der Waals surface area contributed by atoms with Crippen LogP contribution >= 0.6 is 0 Å². The molecular formula is C17H19FN2. The molecule has 2 N–H and O–H groups in total. The third kappa shape index (κ3) is 2.83. The fourth-order valence-corrected chi connectivity index (χ4v) is 2.72. The summed E-state index contributed by atoms with van der Waals surface area (Å²) in [4.78, 5) is 0. The van der Waals surface area contributed by atoms with Crippen molar-refractivity contribution in [2.24, 2.45) is 0 Å². The zero-order chi connectivity index (χ0) is 13.8. The van der Waals surface area contributed by atoms with Gasteiger partial charge in [-0.3, -0.25) is 0 Å². The van der Waals surface area contributed by atoms with Crippen molar-refractivity contribution in [1.82, 2.24) is 5.32 Å². The van der Waals surface area contributed by atoms with Crippen LogP contribution in [0.1, 0.15) is 16.7 Å². The van der Waals surface area contributed by atoms with Gasteiger partial charge in [-0.2, -0.15) is 0 Å². The first kappa shape index (κ1) is 13.1. The first-order chi connectivity index (χ1) is 9.84. The second-order valence-corrected chi connectivity index (χ2v) is 5.14. The number of hydrogen-bond acceptors (Lipinski definition) is 2. The third-order valence-electron chi connectivity index (χ3n) is 3.82. The Balaban J connectivity index is 1.80. The van der Waals surface area contributed by atoms with Gasteiger partial charge in [0.25, 0.3) is 0 Å². The molecule has 1 aliphatic heterocycles. The van der Waals surface area contributed by atoms with Crippen LogP contribution in [0.5, 0.6) is 0 Å². The Bertz CT molecular complexity index is 595. The summed E-state index contributed by atoms with van der Waals surface area (Å²) < 4.78 is 13.6. The van der Waals surface area contributed by atoms with Crippen LogP contribution < -0.4 is 10.6 Å². The van der Waals surface area contributed by atoms with Crippen molar-refractivity contribution in [1.29, 1.82) is 0 Å². The molecule has 0 atom stereocenters. The maximum absolute atomic E-state index is 13.6. The Hall–Kier alpha value is -1.87. The van der Waals surface area contributed by atoms with Crippen LogP contribution in [0.15, 0.2) is 42.5 Å². The Morgan fingerprint density at radius 1 is 1.00 bits per heavy atom. The topological polar surface area (TPSA) is 24.1 Å². The van der Waals surface area contributed by atoms with Crippen molar-refractivity contribution in [3.05, 3.63) is 65.0 Å². The lowest BCUT2D eigenvalue weighted by Crippen LogP contribution is -2.16. The summed E-state index contributed by atoms with van der Waals surface area (Å²) in [5, 5.41) is 6.81. The molecular weight excluding hydrogens is 251 g/mol. The van der Waals surface area contributed by atoms with E-state index in [1.165, 1.54) is 17.2 Å². The standard InChI is InChI=1S/C17H19FN2/c18-16-6-2-1-4-14(16)12-20-17-7-3-5-13-8-10-19-11-9-15(13)17/h1-7,19-20H,8-12H2. The first-order valence-electron chi connectivity index (χ1n) is 7.13. The van der Waals surface area contributed by atoms with Crippen LogP contribution in [0.4, 0.5) is 10.1 Å². The van der Waals surface area contributed by atoms with Crippen LogP contribution in [0.3, 0.4) is 0 Å². The lowest BCUT2D eigenvalue weighted by molar-refractivity contribution is 0.613. The van der Waals surface area contributed by atoms with E-state index in [4.69, 9.17) is 0 Å². The molecule has 0 unspecified atom stereocenters. The maximum Gasteiger partial charge on any atom is 0.128 e. The largest absolute Gasteiger partial charge is 0.381 e. The molecule has 3 heteroatoms. The van der Waals surface area contributed by atoms with Gasteiger partial charge >= 0.3 is 0 Å². The number of hydrogen-bond donors (Lipinski definition) is 2. The van der Waals surface area contributed by atoms with Gasteiger partial charge in [0.2, 0.25) is 0 Å². The zero-order valence-corrected chi connectivity index (χ0v) is 11.5. The van der Waals surface area contributed by atoms with Gasteiger partial charge in [-0.05, 0) is 49.2 Å². The molecule has 2 aromatic carbocycles. The molecule has 0 spiro atoms. The van der Waals surface area contributed by atoms with Gasteiger partial charge in [-0.25, -0.2) is 4.39 Å². The second-order valence-electron chi connectivity index (χ2n) is 5.14. The molecule has 1 aliphatic rings. The van der Waals surface area contributed by atoms with Crippen LogP contribution in [-0.2, 0) is 19.4 Å². The quantitative estimate of drug-likeness (QED) is 0.895. The highest BCUT2D eigenvalue weighted by Gasteiger charge is 2.11. The van der Waals surface area contributed by atoms with Crippen LogP contribution in [0, 0.1) is 5.82 Å². The predicted molar refractivity (Wildman–Crippen MR) is 80.4 cm³/mol. The molecule has 0 bridgehead atoms. The molecule has 0 fully saturated rings. The summed E-state index contributed by atoms with van der Waals surface area (Å²) in [5.74, 6) is -0.149. The van der Waals surface area contributed by atoms with Gasteiger partial charge in [0.05, 0.1) is 0 Å². The van der Waals surface area contributed by atoms with E-state index in [1.807, 2.05) is 12.1 Å². The molecule has 3 rings (SSSR count). The van der Waals surface area contributed by atoms with Crippen molar-refractivity contribution >= 4 is 5.69 Å². The normalized spacial score (nSPS) is 14.4. The molecule has 0 saturated heterocycles. The number of halogens is 1. The number of rotatable bonds is 3. The molecule has 0 aliphatic carbocycles. The molecule has 0 aromatic heterocycles. The molecule has 0 saturated carbocycles. The lowest BCUT2D eigenvalue weighted by Gasteiger charge is -2.14. The Kier molecular flexibility index (Phi) is 3.97. The van der Waals surface area contributed by atoms with Crippen LogP contribution in [0.25, 0.3) is 0 Å². The minimum Gasteiger partial charge on any atom is -0.381 e. The Labute approximate surface area is 119 Å². The van der Waals surface area contributed by atoms with Crippen molar-refractivity contribution in [3.8, 4) is 0 Å². The Morgan fingerprint density at radius 2 is 1.85 bits per heavy atom. The van der Waals surface area contributed by atoms with Crippen LogP contribution in [0.2, 0.25) is 0 Å². The number of anilines is 1. The highest BCUT2D eigenvalue weighted by Crippen LogP contribution is 2.23. The van der Waals surface area contributed by atoms with Crippen molar-refractivity contribution in [3.63, 3.8) is 0 Å². The van der Waals surface area contributed by atoms with Gasteiger partial charge in [0, 0.05) is 17.8 Å². The summed E-state index contributed by atoms with van der Waals surface area (Å²) in [6.45, 7) is 2.56. The molecule has 20 heavy (non-hydrogen) atoms. The highest BCUT2D eigenvalue weighted by atomic mass is 19.1. The van der Waals surface area contributed by atoms with E-state index in [0.717, 1.165) is 31.6 Å². The summed E-state index contributed by atoms with van der Waals surface area (Å²) in [7, 11) is 0. The van der Waals surface area contributed by atoms with E-state index in [9.17, 15) is 4.39 Å². The van der Waals surface area contributed by atoms with Gasteiger partial charge < -0.3 is 10.6 Å². The molecule has 2 aromatic rings. The van der Waals surface area contributed by atoms with Crippen molar-refractivity contribution in [2.75, 3.05) is 18.4 Å². The molecule has 2 nitrogen and oxygen atoms in total. The molecule has 0 amide bonds.